The molecule has 0 unspecified atom stereocenters. The van der Waals surface area contributed by atoms with Crippen LogP contribution in [0.15, 0.2) is 33.5 Å². The van der Waals surface area contributed by atoms with Crippen LogP contribution in [-0.4, -0.2) is 30.0 Å². The molecule has 0 aromatic carbocycles. The quantitative estimate of drug-likeness (QED) is 0.494. The van der Waals surface area contributed by atoms with Gasteiger partial charge in [0.1, 0.15) is 37.3 Å². The number of hydrogen-bond donors (Lipinski definition) is 4. The molecule has 6 N–H and O–H groups in total. The van der Waals surface area contributed by atoms with Crippen LogP contribution in [0.1, 0.15) is 11.5 Å². The van der Waals surface area contributed by atoms with Gasteiger partial charge >= 0.3 is 31.9 Å². The summed E-state index contributed by atoms with van der Waals surface area (Å²) in [4.78, 5) is 17.6. The molecule has 2 heterocycles. The summed E-state index contributed by atoms with van der Waals surface area (Å²) < 4.78 is 17.4. The third-order valence-electron chi connectivity index (χ3n) is 2.08. The van der Waals surface area contributed by atoms with Crippen molar-refractivity contribution in [2.45, 2.75) is 13.2 Å². The summed E-state index contributed by atoms with van der Waals surface area (Å²) in [7, 11) is 0. The van der Waals surface area contributed by atoms with Crippen LogP contribution in [0.3, 0.4) is 0 Å². The van der Waals surface area contributed by atoms with Gasteiger partial charge in [-0.15, -0.1) is 0 Å². The monoisotopic (exact) mass is 353 g/mol. The average Bonchev–Trinajstić information content (AvgIpc) is 2.55. The summed E-state index contributed by atoms with van der Waals surface area (Å²) in [5.41, 5.74) is -0.592. The van der Waals surface area contributed by atoms with Gasteiger partial charge in [-0.2, -0.15) is 0 Å². The molecule has 0 saturated carbocycles. The average molecular weight is 353 g/mol. The van der Waals surface area contributed by atoms with Gasteiger partial charge in [0.05, 0.1) is 12.1 Å². The SMILES string of the molecule is OCc1cc(=[OH+])c(O)co1.OCc1cc(=[OH+])c(O)co1.[O]=[V]. The van der Waals surface area contributed by atoms with Gasteiger partial charge in [-0.05, 0) is 0 Å². The fraction of sp³-hybridized carbons (Fsp3) is 0.167. The van der Waals surface area contributed by atoms with Crippen molar-refractivity contribution in [3.8, 4) is 11.5 Å². The maximum absolute atomic E-state index is 8.81. The molecule has 0 saturated heterocycles. The van der Waals surface area contributed by atoms with E-state index in [-0.39, 0.29) is 47.1 Å². The molecule has 0 aliphatic carbocycles. The summed E-state index contributed by atoms with van der Waals surface area (Å²) in [5.74, 6) is -0.264. The van der Waals surface area contributed by atoms with Crippen molar-refractivity contribution in [3.05, 3.63) is 47.0 Å². The van der Waals surface area contributed by atoms with Crippen molar-refractivity contribution >= 4 is 0 Å². The van der Waals surface area contributed by atoms with E-state index in [9.17, 15) is 0 Å². The second kappa shape index (κ2) is 10.5. The molecule has 0 spiro atoms. The second-order valence-electron chi connectivity index (χ2n) is 3.55. The van der Waals surface area contributed by atoms with Crippen molar-refractivity contribution in [1.29, 1.82) is 0 Å². The van der Waals surface area contributed by atoms with Gasteiger partial charge in [0.25, 0.3) is 11.5 Å². The van der Waals surface area contributed by atoms with Gasteiger partial charge < -0.3 is 29.3 Å². The molecule has 2 aromatic rings. The van der Waals surface area contributed by atoms with Crippen molar-refractivity contribution in [1.82, 2.24) is 0 Å². The minimum atomic E-state index is -0.336. The molecule has 0 fully saturated rings. The molecule has 2 aromatic heterocycles. The van der Waals surface area contributed by atoms with Gasteiger partial charge in [0.2, 0.25) is 0 Å². The van der Waals surface area contributed by atoms with E-state index in [1.54, 1.807) is 0 Å². The molecule has 22 heavy (non-hydrogen) atoms. The summed E-state index contributed by atoms with van der Waals surface area (Å²) in [6.07, 6.45) is 1.92. The molecule has 0 bridgehead atoms. The normalized spacial score (nSPS) is 8.95. The summed E-state index contributed by atoms with van der Waals surface area (Å²) in [6, 6.07) is 2.30. The zero-order valence-electron chi connectivity index (χ0n) is 11.1. The first-order chi connectivity index (χ1) is 10.5. The molecule has 10 heteroatoms. The Bertz CT molecular complexity index is 632. The van der Waals surface area contributed by atoms with Crippen LogP contribution in [-0.2, 0) is 34.3 Å². The van der Waals surface area contributed by atoms with Crippen LogP contribution in [0.25, 0.3) is 0 Å². The van der Waals surface area contributed by atoms with Crippen LogP contribution < -0.4 is 10.9 Å². The first-order valence-corrected chi connectivity index (χ1v) is 6.10. The number of rotatable bonds is 2. The van der Waals surface area contributed by atoms with Gasteiger partial charge in [0.15, 0.2) is 0 Å². The van der Waals surface area contributed by atoms with Gasteiger partial charge in [-0.25, -0.2) is 0 Å². The van der Waals surface area contributed by atoms with E-state index in [1.165, 1.54) is 0 Å². The fourth-order valence-corrected chi connectivity index (χ4v) is 1.07. The molecule has 2 rings (SSSR count). The third-order valence-corrected chi connectivity index (χ3v) is 2.08. The van der Waals surface area contributed by atoms with E-state index in [0.29, 0.717) is 0 Å². The molecule has 0 radical (unpaired) electrons. The molecule has 0 aliphatic heterocycles. The Hall–Kier alpha value is -2.20. The van der Waals surface area contributed by atoms with Crippen LogP contribution in [0.5, 0.6) is 11.5 Å². The molecule has 119 valence electrons. The Morgan fingerprint density at radius 3 is 1.41 bits per heavy atom. The molecule has 0 amide bonds. The molecule has 9 nitrogen and oxygen atoms in total. The van der Waals surface area contributed by atoms with E-state index in [1.807, 2.05) is 0 Å². The topological polar surface area (TPSA) is 167 Å². The zero-order chi connectivity index (χ0) is 17.1. The van der Waals surface area contributed by atoms with E-state index in [2.05, 4.69) is 8.83 Å². The van der Waals surface area contributed by atoms with E-state index in [0.717, 1.165) is 42.0 Å². The second-order valence-corrected chi connectivity index (χ2v) is 3.55. The Morgan fingerprint density at radius 1 is 0.864 bits per heavy atom. The minimum absolute atomic E-state index is 0.204. The van der Waals surface area contributed by atoms with E-state index >= 15 is 0 Å². The predicted octanol–water partition coefficient (Wildman–Crippen LogP) is -1.16. The third kappa shape index (κ3) is 6.50. The van der Waals surface area contributed by atoms with Gasteiger partial charge in [-0.1, -0.05) is 0 Å². The maximum atomic E-state index is 8.81. The van der Waals surface area contributed by atoms with Crippen molar-refractivity contribution in [3.63, 3.8) is 0 Å². The predicted molar refractivity (Wildman–Crippen MR) is 63.4 cm³/mol. The summed E-state index contributed by atoms with van der Waals surface area (Å²) in [5, 5.41) is 34.4. The molecular weight excluding hydrogens is 339 g/mol. The Morgan fingerprint density at radius 2 is 1.18 bits per heavy atom. The first kappa shape index (κ1) is 19.8. The molecular formula is C12H14O9V+2. The number of aliphatic hydroxyl groups excluding tert-OH is 2. The van der Waals surface area contributed by atoms with Crippen LogP contribution in [0, 0.1) is 0 Å². The van der Waals surface area contributed by atoms with Gasteiger partial charge in [-0.3, -0.25) is 9.59 Å². The van der Waals surface area contributed by atoms with Crippen molar-refractivity contribution < 1.29 is 59.9 Å². The van der Waals surface area contributed by atoms with Gasteiger partial charge in [0, 0.05) is 0 Å². The molecule has 0 aliphatic rings. The van der Waals surface area contributed by atoms with Crippen molar-refractivity contribution in [2.75, 3.05) is 0 Å². The number of hydrogen-bond acceptors (Lipinski definition) is 7. The Kier molecular flexibility index (Phi) is 9.47. The molecule has 0 atom stereocenters. The Balaban J connectivity index is 0.000000360. The van der Waals surface area contributed by atoms with E-state index < -0.39 is 0 Å². The van der Waals surface area contributed by atoms with Crippen molar-refractivity contribution in [2.24, 2.45) is 0 Å². The van der Waals surface area contributed by atoms with Crippen LogP contribution in [0.4, 0.5) is 0 Å². The number of aliphatic hydroxyl groups is 2. The van der Waals surface area contributed by atoms with Crippen LogP contribution in [0.2, 0.25) is 0 Å². The van der Waals surface area contributed by atoms with Crippen LogP contribution >= 0.6 is 0 Å². The Labute approximate surface area is 132 Å². The fourth-order valence-electron chi connectivity index (χ4n) is 1.07. The standard InChI is InChI=1S/2C6H6O4.O.V/c2*7-2-4-1-5(8)6(9)3-10-4;;/h2*1,3,7,9H,2H2;;/p+2. The summed E-state index contributed by atoms with van der Waals surface area (Å²) >= 11 is 1.06. The van der Waals surface area contributed by atoms with E-state index in [4.69, 9.17) is 33.7 Å². The first-order valence-electron chi connectivity index (χ1n) is 5.53. The number of aromatic hydroxyl groups is 2. The summed E-state index contributed by atoms with van der Waals surface area (Å²) in [6.45, 7) is -0.596. The zero-order valence-corrected chi connectivity index (χ0v) is 12.5.